The molecule has 1 aromatic carbocycles. The third-order valence-corrected chi connectivity index (χ3v) is 6.10. The smallest absolute Gasteiger partial charge is 0.226 e. The lowest BCUT2D eigenvalue weighted by molar-refractivity contribution is -0.118. The summed E-state index contributed by atoms with van der Waals surface area (Å²) in [5, 5.41) is 10.2. The Balaban J connectivity index is 1.68. The molecule has 0 saturated carbocycles. The van der Waals surface area contributed by atoms with Crippen LogP contribution in [0.4, 0.5) is 5.95 Å². The Hall–Kier alpha value is -2.73. The number of nitrogens with one attached hydrogen (secondary N) is 1. The number of carbonyl (C=O) groups is 1. The molecule has 0 saturated heterocycles. The normalized spacial score (nSPS) is 20.8. The fourth-order valence-corrected chi connectivity index (χ4v) is 4.85. The van der Waals surface area contributed by atoms with E-state index in [4.69, 9.17) is 10.1 Å². The molecule has 0 bridgehead atoms. The van der Waals surface area contributed by atoms with Crippen molar-refractivity contribution in [3.63, 3.8) is 0 Å². The van der Waals surface area contributed by atoms with E-state index in [9.17, 15) is 4.79 Å². The number of aromatic nitrogens is 3. The molecule has 5 rings (SSSR count). The van der Waals surface area contributed by atoms with Crippen LogP contribution in [0.5, 0.6) is 0 Å². The zero-order valence-corrected chi connectivity index (χ0v) is 16.1. The van der Waals surface area contributed by atoms with Gasteiger partial charge in [-0.15, -0.1) is 16.4 Å². The van der Waals surface area contributed by atoms with Gasteiger partial charge in [0.2, 0.25) is 5.95 Å². The molecule has 1 N–H and O–H groups in total. The number of nitrogens with zero attached hydrogens (tertiary/aromatic N) is 3. The van der Waals surface area contributed by atoms with Crippen LogP contribution in [0.25, 0.3) is 11.4 Å². The topological polar surface area (TPSA) is 59.8 Å². The van der Waals surface area contributed by atoms with E-state index in [1.165, 1.54) is 0 Å². The molecule has 1 aliphatic heterocycles. The van der Waals surface area contributed by atoms with Gasteiger partial charge in [-0.1, -0.05) is 50.2 Å². The van der Waals surface area contributed by atoms with Crippen LogP contribution in [0.2, 0.25) is 0 Å². The predicted molar refractivity (Wildman–Crippen MR) is 107 cm³/mol. The van der Waals surface area contributed by atoms with Gasteiger partial charge in [0.05, 0.1) is 0 Å². The van der Waals surface area contributed by atoms with Crippen LogP contribution in [0, 0.1) is 5.41 Å². The zero-order valence-electron chi connectivity index (χ0n) is 15.3. The molecule has 3 aromatic rings. The van der Waals surface area contributed by atoms with E-state index >= 15 is 0 Å². The summed E-state index contributed by atoms with van der Waals surface area (Å²) in [6.07, 6.45) is 1.40. The molecule has 0 fully saturated rings. The van der Waals surface area contributed by atoms with Gasteiger partial charge in [0.25, 0.3) is 0 Å². The fraction of sp³-hybridized carbons (Fsp3) is 0.286. The number of rotatable bonds is 2. The summed E-state index contributed by atoms with van der Waals surface area (Å²) in [6.45, 7) is 4.29. The van der Waals surface area contributed by atoms with Gasteiger partial charge in [-0.2, -0.15) is 4.98 Å². The molecular formula is C21H20N4OS. The van der Waals surface area contributed by atoms with Gasteiger partial charge in [-0.3, -0.25) is 4.79 Å². The molecule has 0 spiro atoms. The third kappa shape index (κ3) is 2.72. The van der Waals surface area contributed by atoms with Crippen LogP contribution in [0.3, 0.4) is 0 Å². The van der Waals surface area contributed by atoms with E-state index in [0.717, 1.165) is 28.1 Å². The lowest BCUT2D eigenvalue weighted by atomic mass is 9.73. The second-order valence-corrected chi connectivity index (χ2v) is 8.93. The van der Waals surface area contributed by atoms with Crippen molar-refractivity contribution in [2.45, 2.75) is 32.7 Å². The summed E-state index contributed by atoms with van der Waals surface area (Å²) >= 11 is 1.65. The lowest BCUT2D eigenvalue weighted by Crippen LogP contribution is -2.36. The Labute approximate surface area is 161 Å². The molecule has 0 radical (unpaired) electrons. The average molecular weight is 376 g/mol. The highest BCUT2D eigenvalue weighted by Crippen LogP contribution is 2.46. The van der Waals surface area contributed by atoms with Gasteiger partial charge in [0, 0.05) is 28.1 Å². The number of hydrogen-bond acceptors (Lipinski definition) is 5. The first-order valence-corrected chi connectivity index (χ1v) is 9.98. The van der Waals surface area contributed by atoms with E-state index in [-0.39, 0.29) is 17.2 Å². The summed E-state index contributed by atoms with van der Waals surface area (Å²) < 4.78 is 1.88. The summed E-state index contributed by atoms with van der Waals surface area (Å²) in [7, 11) is 0. The summed E-state index contributed by atoms with van der Waals surface area (Å²) in [4.78, 5) is 18.9. The van der Waals surface area contributed by atoms with Gasteiger partial charge in [-0.05, 0) is 23.3 Å². The maximum absolute atomic E-state index is 13.1. The average Bonchev–Trinajstić information content (AvgIpc) is 3.29. The number of Topliss-reactive ketones (excluding diaryl/α,β-unsaturated/α-hetero) is 1. The standard InChI is InChI=1S/C21H20N4OS/c1-21(2)11-14-17(15(26)12-21)18(16-9-6-10-27-16)25-20(22-14)23-19(24-25)13-7-4-3-5-8-13/h3-10,18H,11-12H2,1-2H3,(H,22,23,24). The molecule has 1 atom stereocenters. The number of anilines is 1. The van der Waals surface area contributed by atoms with E-state index in [0.29, 0.717) is 18.2 Å². The maximum Gasteiger partial charge on any atom is 0.226 e. The molecule has 1 unspecified atom stereocenters. The highest BCUT2D eigenvalue weighted by Gasteiger charge is 2.42. The van der Waals surface area contributed by atoms with Gasteiger partial charge in [0.1, 0.15) is 6.04 Å². The number of benzene rings is 1. The molecule has 136 valence electrons. The summed E-state index contributed by atoms with van der Waals surface area (Å²) in [5.74, 6) is 1.58. The van der Waals surface area contributed by atoms with Crippen LogP contribution < -0.4 is 5.32 Å². The largest absolute Gasteiger partial charge is 0.328 e. The lowest BCUT2D eigenvalue weighted by Gasteiger charge is -2.37. The van der Waals surface area contributed by atoms with Crippen LogP contribution in [0.15, 0.2) is 59.1 Å². The first-order chi connectivity index (χ1) is 13.0. The Morgan fingerprint density at radius 3 is 2.70 bits per heavy atom. The van der Waals surface area contributed by atoms with Crippen molar-refractivity contribution in [1.82, 2.24) is 14.8 Å². The van der Waals surface area contributed by atoms with Gasteiger partial charge in [0.15, 0.2) is 11.6 Å². The Kier molecular flexibility index (Phi) is 3.59. The molecular weight excluding hydrogens is 356 g/mol. The molecule has 2 aromatic heterocycles. The van der Waals surface area contributed by atoms with Gasteiger partial charge >= 0.3 is 0 Å². The van der Waals surface area contributed by atoms with Gasteiger partial charge < -0.3 is 5.32 Å². The van der Waals surface area contributed by atoms with Crippen molar-refractivity contribution in [2.75, 3.05) is 5.32 Å². The van der Waals surface area contributed by atoms with Crippen molar-refractivity contribution in [1.29, 1.82) is 0 Å². The highest BCUT2D eigenvalue weighted by atomic mass is 32.1. The zero-order chi connectivity index (χ0) is 18.6. The van der Waals surface area contributed by atoms with Crippen molar-refractivity contribution in [2.24, 2.45) is 5.41 Å². The first-order valence-electron chi connectivity index (χ1n) is 9.10. The summed E-state index contributed by atoms with van der Waals surface area (Å²) in [6, 6.07) is 13.8. The minimum Gasteiger partial charge on any atom is -0.328 e. The van der Waals surface area contributed by atoms with Crippen LogP contribution in [-0.2, 0) is 4.79 Å². The molecule has 3 heterocycles. The fourth-order valence-electron chi connectivity index (χ4n) is 4.03. The van der Waals surface area contributed by atoms with E-state index in [2.05, 4.69) is 25.2 Å². The number of fused-ring (bicyclic) bond motifs is 1. The highest BCUT2D eigenvalue weighted by molar-refractivity contribution is 7.10. The van der Waals surface area contributed by atoms with Gasteiger partial charge in [-0.25, -0.2) is 4.68 Å². The maximum atomic E-state index is 13.1. The molecule has 5 nitrogen and oxygen atoms in total. The molecule has 27 heavy (non-hydrogen) atoms. The SMILES string of the molecule is CC1(C)CC(=O)C2=C(C1)Nc1nc(-c3ccccc3)nn1C2c1cccs1. The molecule has 2 aliphatic rings. The number of carbonyl (C=O) groups excluding carboxylic acids is 1. The van der Waals surface area contributed by atoms with Crippen LogP contribution in [-0.4, -0.2) is 20.5 Å². The quantitative estimate of drug-likeness (QED) is 0.706. The van der Waals surface area contributed by atoms with Crippen molar-refractivity contribution in [3.8, 4) is 11.4 Å². The minimum atomic E-state index is -0.204. The molecule has 0 amide bonds. The minimum absolute atomic E-state index is 0.0482. The number of ketones is 1. The molecule has 6 heteroatoms. The van der Waals surface area contributed by atoms with Crippen molar-refractivity contribution in [3.05, 3.63) is 64.0 Å². The monoisotopic (exact) mass is 376 g/mol. The van der Waals surface area contributed by atoms with Crippen molar-refractivity contribution >= 4 is 23.1 Å². The third-order valence-electron chi connectivity index (χ3n) is 5.18. The van der Waals surface area contributed by atoms with E-state index < -0.39 is 0 Å². The second kappa shape index (κ2) is 5.89. The Morgan fingerprint density at radius 2 is 1.96 bits per heavy atom. The number of hydrogen-bond donors (Lipinski definition) is 1. The second-order valence-electron chi connectivity index (χ2n) is 7.95. The summed E-state index contributed by atoms with van der Waals surface area (Å²) in [5.41, 5.74) is 2.76. The van der Waals surface area contributed by atoms with E-state index in [1.807, 2.05) is 46.5 Å². The number of thiophene rings is 1. The Bertz CT molecular complexity index is 1050. The van der Waals surface area contributed by atoms with Crippen molar-refractivity contribution < 1.29 is 4.79 Å². The van der Waals surface area contributed by atoms with Crippen LogP contribution >= 0.6 is 11.3 Å². The van der Waals surface area contributed by atoms with E-state index in [1.54, 1.807) is 11.3 Å². The molecule has 1 aliphatic carbocycles. The predicted octanol–water partition coefficient (Wildman–Crippen LogP) is 4.66. The number of allylic oxidation sites excluding steroid dienone is 2. The van der Waals surface area contributed by atoms with Crippen LogP contribution in [0.1, 0.15) is 37.6 Å². The Morgan fingerprint density at radius 1 is 1.15 bits per heavy atom. The first kappa shape index (κ1) is 16.4.